The summed E-state index contributed by atoms with van der Waals surface area (Å²) in [6.07, 6.45) is 4.83. The Bertz CT molecular complexity index is 240. The largest absolute Gasteiger partial charge is 0.465 e. The second-order valence-corrected chi connectivity index (χ2v) is 3.94. The molecular weight excluding hydrogens is 216 g/mol. The summed E-state index contributed by atoms with van der Waals surface area (Å²) in [4.78, 5) is 0. The number of aryl methyl sites for hydroxylation is 2. The van der Waals surface area contributed by atoms with Crippen molar-refractivity contribution in [2.45, 2.75) is 39.5 Å². The van der Waals surface area contributed by atoms with Crippen LogP contribution in [0.25, 0.3) is 0 Å². The van der Waals surface area contributed by atoms with Crippen LogP contribution in [0, 0.1) is 6.92 Å². The predicted octanol–water partition coefficient (Wildman–Crippen LogP) is 4.08. The van der Waals surface area contributed by atoms with E-state index in [2.05, 4.69) is 22.9 Å². The Morgan fingerprint density at radius 1 is 1.42 bits per heavy atom. The van der Waals surface area contributed by atoms with E-state index >= 15 is 0 Å². The monoisotopic (exact) mass is 230 g/mol. The van der Waals surface area contributed by atoms with Gasteiger partial charge in [0.1, 0.15) is 11.5 Å². The van der Waals surface area contributed by atoms with E-state index in [1.807, 2.05) is 13.0 Å². The van der Waals surface area contributed by atoms with E-state index < -0.39 is 0 Å². The third-order valence-corrected chi connectivity index (χ3v) is 2.56. The smallest absolute Gasteiger partial charge is 0.118 e. The van der Waals surface area contributed by atoms with E-state index in [1.54, 1.807) is 0 Å². The zero-order chi connectivity index (χ0) is 8.97. The van der Waals surface area contributed by atoms with E-state index in [0.29, 0.717) is 0 Å². The molecule has 0 saturated heterocycles. The Labute approximate surface area is 82.3 Å². The summed E-state index contributed by atoms with van der Waals surface area (Å²) in [7, 11) is 0. The number of hydrogen-bond donors (Lipinski definition) is 0. The van der Waals surface area contributed by atoms with Crippen LogP contribution in [0.15, 0.2) is 15.0 Å². The molecule has 0 atom stereocenters. The molecule has 0 aliphatic heterocycles. The van der Waals surface area contributed by atoms with Crippen LogP contribution in [0.4, 0.5) is 0 Å². The highest BCUT2D eigenvalue weighted by Gasteiger charge is 2.04. The number of rotatable bonds is 4. The van der Waals surface area contributed by atoms with Crippen LogP contribution in [0.3, 0.4) is 0 Å². The minimum absolute atomic E-state index is 0.994. The molecule has 0 N–H and O–H groups in total. The SMILES string of the molecule is CCCCCc1oc(C)cc1Br. The minimum Gasteiger partial charge on any atom is -0.465 e. The zero-order valence-corrected chi connectivity index (χ0v) is 9.28. The molecule has 0 aliphatic rings. The lowest BCUT2D eigenvalue weighted by Crippen LogP contribution is -1.82. The van der Waals surface area contributed by atoms with Gasteiger partial charge in [-0.15, -0.1) is 0 Å². The molecule has 0 unspecified atom stereocenters. The summed E-state index contributed by atoms with van der Waals surface area (Å²) in [6.45, 7) is 4.19. The van der Waals surface area contributed by atoms with E-state index in [-0.39, 0.29) is 0 Å². The molecule has 0 aromatic carbocycles. The molecule has 0 amide bonds. The Hall–Kier alpha value is -0.240. The summed E-state index contributed by atoms with van der Waals surface area (Å²) >= 11 is 3.48. The van der Waals surface area contributed by atoms with Gasteiger partial charge in [0.05, 0.1) is 4.47 Å². The quantitative estimate of drug-likeness (QED) is 0.711. The van der Waals surface area contributed by atoms with Crippen molar-refractivity contribution in [3.05, 3.63) is 22.1 Å². The predicted molar refractivity (Wildman–Crippen MR) is 54.4 cm³/mol. The normalized spacial score (nSPS) is 10.6. The van der Waals surface area contributed by atoms with Gasteiger partial charge < -0.3 is 4.42 Å². The van der Waals surface area contributed by atoms with Gasteiger partial charge in [-0.05, 0) is 35.3 Å². The van der Waals surface area contributed by atoms with Gasteiger partial charge in [-0.1, -0.05) is 19.8 Å². The standard InChI is InChI=1S/C10H15BrO/c1-3-4-5-6-10-9(11)7-8(2)12-10/h7H,3-6H2,1-2H3. The molecule has 1 aromatic heterocycles. The van der Waals surface area contributed by atoms with Crippen molar-refractivity contribution in [1.82, 2.24) is 0 Å². The van der Waals surface area contributed by atoms with E-state index in [0.717, 1.165) is 22.4 Å². The summed E-state index contributed by atoms with van der Waals surface area (Å²) in [5.74, 6) is 2.09. The average Bonchev–Trinajstić information content (AvgIpc) is 2.31. The lowest BCUT2D eigenvalue weighted by atomic mass is 10.2. The maximum absolute atomic E-state index is 5.51. The van der Waals surface area contributed by atoms with Gasteiger partial charge in [-0.3, -0.25) is 0 Å². The number of unbranched alkanes of at least 4 members (excludes halogenated alkanes) is 2. The van der Waals surface area contributed by atoms with Gasteiger partial charge in [-0.25, -0.2) is 0 Å². The molecule has 0 bridgehead atoms. The maximum atomic E-state index is 5.51. The summed E-state index contributed by atoms with van der Waals surface area (Å²) < 4.78 is 6.64. The molecule has 1 nitrogen and oxygen atoms in total. The van der Waals surface area contributed by atoms with Gasteiger partial charge in [0.25, 0.3) is 0 Å². The molecule has 2 heteroatoms. The van der Waals surface area contributed by atoms with Crippen molar-refractivity contribution in [3.63, 3.8) is 0 Å². The van der Waals surface area contributed by atoms with Gasteiger partial charge in [0.15, 0.2) is 0 Å². The fourth-order valence-electron chi connectivity index (χ4n) is 1.24. The first-order valence-electron chi connectivity index (χ1n) is 4.49. The third kappa shape index (κ3) is 2.67. The van der Waals surface area contributed by atoms with Crippen molar-refractivity contribution < 1.29 is 4.42 Å². The first-order valence-corrected chi connectivity index (χ1v) is 5.28. The molecule has 12 heavy (non-hydrogen) atoms. The van der Waals surface area contributed by atoms with Crippen LogP contribution in [0.2, 0.25) is 0 Å². The topological polar surface area (TPSA) is 13.1 Å². The summed E-state index contributed by atoms with van der Waals surface area (Å²) in [5, 5.41) is 0. The van der Waals surface area contributed by atoms with Crippen LogP contribution in [0.1, 0.15) is 37.7 Å². The first kappa shape index (κ1) is 9.85. The number of hydrogen-bond acceptors (Lipinski definition) is 1. The molecular formula is C10H15BrO. The number of furan rings is 1. The fraction of sp³-hybridized carbons (Fsp3) is 0.600. The summed E-state index contributed by atoms with van der Waals surface area (Å²) in [6, 6.07) is 2.03. The lowest BCUT2D eigenvalue weighted by molar-refractivity contribution is 0.471. The summed E-state index contributed by atoms with van der Waals surface area (Å²) in [5.41, 5.74) is 0. The van der Waals surface area contributed by atoms with Crippen LogP contribution in [-0.2, 0) is 6.42 Å². The van der Waals surface area contributed by atoms with Crippen LogP contribution < -0.4 is 0 Å². The van der Waals surface area contributed by atoms with Crippen molar-refractivity contribution >= 4 is 15.9 Å². The molecule has 68 valence electrons. The van der Waals surface area contributed by atoms with Gasteiger partial charge in [0.2, 0.25) is 0 Å². The van der Waals surface area contributed by atoms with Crippen molar-refractivity contribution in [3.8, 4) is 0 Å². The highest BCUT2D eigenvalue weighted by atomic mass is 79.9. The molecule has 0 saturated carbocycles. The van der Waals surface area contributed by atoms with Crippen molar-refractivity contribution in [2.75, 3.05) is 0 Å². The molecule has 0 aliphatic carbocycles. The molecule has 1 aromatic rings. The highest BCUT2D eigenvalue weighted by molar-refractivity contribution is 9.10. The molecule has 0 spiro atoms. The van der Waals surface area contributed by atoms with Crippen LogP contribution >= 0.6 is 15.9 Å². The first-order chi connectivity index (χ1) is 5.74. The Balaban J connectivity index is 2.45. The average molecular weight is 231 g/mol. The van der Waals surface area contributed by atoms with E-state index in [9.17, 15) is 0 Å². The van der Waals surface area contributed by atoms with Gasteiger partial charge >= 0.3 is 0 Å². The molecule has 0 fully saturated rings. The molecule has 1 rings (SSSR count). The minimum atomic E-state index is 0.994. The molecule has 0 radical (unpaired) electrons. The third-order valence-electron chi connectivity index (χ3n) is 1.89. The van der Waals surface area contributed by atoms with E-state index in [4.69, 9.17) is 4.42 Å². The van der Waals surface area contributed by atoms with E-state index in [1.165, 1.54) is 19.3 Å². The van der Waals surface area contributed by atoms with Crippen LogP contribution in [0.5, 0.6) is 0 Å². The lowest BCUT2D eigenvalue weighted by Gasteiger charge is -1.95. The van der Waals surface area contributed by atoms with Crippen LogP contribution in [-0.4, -0.2) is 0 Å². The van der Waals surface area contributed by atoms with Crippen molar-refractivity contribution in [2.24, 2.45) is 0 Å². The Kier molecular flexibility index (Phi) is 3.86. The second kappa shape index (κ2) is 4.70. The molecule has 1 heterocycles. The van der Waals surface area contributed by atoms with Gasteiger partial charge in [-0.2, -0.15) is 0 Å². The Morgan fingerprint density at radius 2 is 2.17 bits per heavy atom. The fourth-order valence-corrected chi connectivity index (χ4v) is 1.84. The number of halogens is 1. The maximum Gasteiger partial charge on any atom is 0.118 e. The van der Waals surface area contributed by atoms with Crippen molar-refractivity contribution in [1.29, 1.82) is 0 Å². The highest BCUT2D eigenvalue weighted by Crippen LogP contribution is 2.22. The van der Waals surface area contributed by atoms with Gasteiger partial charge in [0, 0.05) is 6.42 Å². The zero-order valence-electron chi connectivity index (χ0n) is 7.69. The second-order valence-electron chi connectivity index (χ2n) is 3.09. The Morgan fingerprint density at radius 3 is 2.67 bits per heavy atom.